The Morgan fingerprint density at radius 3 is 2.88 bits per heavy atom. The number of carbonyl (C=O) groups excluding carboxylic acids is 1. The highest BCUT2D eigenvalue weighted by Crippen LogP contribution is 2.23. The Labute approximate surface area is 153 Å². The molecule has 0 aliphatic carbocycles. The Hall–Kier alpha value is -2.37. The summed E-state index contributed by atoms with van der Waals surface area (Å²) in [5.74, 6) is 1.30. The van der Waals surface area contributed by atoms with Crippen LogP contribution in [0.1, 0.15) is 23.2 Å². The summed E-state index contributed by atoms with van der Waals surface area (Å²) in [7, 11) is 0. The fourth-order valence-electron chi connectivity index (χ4n) is 3.64. The first-order valence-corrected chi connectivity index (χ1v) is 9.25. The molecule has 2 atom stereocenters. The van der Waals surface area contributed by atoms with Crippen LogP contribution in [0.4, 0.5) is 0 Å². The number of nitrogens with zero attached hydrogens (tertiary/aromatic N) is 1. The van der Waals surface area contributed by atoms with E-state index in [0.29, 0.717) is 23.9 Å². The molecule has 2 aliphatic rings. The molecule has 2 fully saturated rings. The van der Waals surface area contributed by atoms with Crippen LogP contribution >= 0.6 is 0 Å². The lowest BCUT2D eigenvalue weighted by Crippen LogP contribution is -2.50. The van der Waals surface area contributed by atoms with E-state index in [1.807, 2.05) is 42.5 Å². The van der Waals surface area contributed by atoms with Crippen LogP contribution in [0.5, 0.6) is 11.5 Å². The zero-order valence-corrected chi connectivity index (χ0v) is 14.8. The van der Waals surface area contributed by atoms with E-state index < -0.39 is 0 Å². The standard InChI is InChI=1S/C21H24N2O3/c24-21(22-13-20-14-23-11-5-7-17(23)15-25-20)16-6-4-10-19(12-16)26-18-8-2-1-3-9-18/h1-4,6,8-10,12,17,20H,5,7,11,13-15H2,(H,22,24)/t17-,20-/m0/s1. The van der Waals surface area contributed by atoms with Crippen LogP contribution in [0.15, 0.2) is 54.6 Å². The van der Waals surface area contributed by atoms with Crippen LogP contribution in [0, 0.1) is 0 Å². The molecule has 26 heavy (non-hydrogen) atoms. The average molecular weight is 352 g/mol. The lowest BCUT2D eigenvalue weighted by atomic mass is 10.1. The van der Waals surface area contributed by atoms with Crippen molar-refractivity contribution in [2.75, 3.05) is 26.2 Å². The van der Waals surface area contributed by atoms with Crippen LogP contribution in [-0.2, 0) is 4.74 Å². The molecule has 1 amide bonds. The molecule has 5 heteroatoms. The molecular formula is C21H24N2O3. The van der Waals surface area contributed by atoms with Crippen molar-refractivity contribution < 1.29 is 14.3 Å². The van der Waals surface area contributed by atoms with Gasteiger partial charge in [-0.25, -0.2) is 0 Å². The maximum atomic E-state index is 12.5. The van der Waals surface area contributed by atoms with Crippen LogP contribution in [0.3, 0.4) is 0 Å². The first-order chi connectivity index (χ1) is 12.8. The number of morpholine rings is 1. The van der Waals surface area contributed by atoms with Crippen molar-refractivity contribution >= 4 is 5.91 Å². The maximum Gasteiger partial charge on any atom is 0.251 e. The molecule has 0 saturated carbocycles. The van der Waals surface area contributed by atoms with Gasteiger partial charge in [0, 0.05) is 24.7 Å². The number of hydrogen-bond donors (Lipinski definition) is 1. The molecule has 2 aromatic carbocycles. The lowest BCUT2D eigenvalue weighted by molar-refractivity contribution is -0.0461. The van der Waals surface area contributed by atoms with Gasteiger partial charge >= 0.3 is 0 Å². The van der Waals surface area contributed by atoms with Crippen molar-refractivity contribution in [1.82, 2.24) is 10.2 Å². The summed E-state index contributed by atoms with van der Waals surface area (Å²) in [6, 6.07) is 17.4. The summed E-state index contributed by atoms with van der Waals surface area (Å²) in [6.07, 6.45) is 2.55. The van der Waals surface area contributed by atoms with Gasteiger partial charge in [0.05, 0.1) is 12.7 Å². The fraction of sp³-hybridized carbons (Fsp3) is 0.381. The molecule has 2 aromatic rings. The molecule has 2 aliphatic heterocycles. The minimum absolute atomic E-state index is 0.0667. The zero-order chi connectivity index (χ0) is 17.8. The smallest absolute Gasteiger partial charge is 0.251 e. The highest BCUT2D eigenvalue weighted by atomic mass is 16.5. The van der Waals surface area contributed by atoms with Gasteiger partial charge in [0.2, 0.25) is 0 Å². The summed E-state index contributed by atoms with van der Waals surface area (Å²) < 4.78 is 11.7. The van der Waals surface area contributed by atoms with Gasteiger partial charge in [-0.15, -0.1) is 0 Å². The summed E-state index contributed by atoms with van der Waals surface area (Å²) in [4.78, 5) is 15.0. The average Bonchev–Trinajstić information content (AvgIpc) is 3.15. The van der Waals surface area contributed by atoms with Crippen molar-refractivity contribution in [3.05, 3.63) is 60.2 Å². The predicted octanol–water partition coefficient (Wildman–Crippen LogP) is 3.07. The van der Waals surface area contributed by atoms with Gasteiger partial charge in [-0.05, 0) is 49.7 Å². The largest absolute Gasteiger partial charge is 0.457 e. The number of para-hydroxylation sites is 1. The van der Waals surface area contributed by atoms with Crippen molar-refractivity contribution in [1.29, 1.82) is 0 Å². The topological polar surface area (TPSA) is 50.8 Å². The molecule has 4 rings (SSSR count). The number of ether oxygens (including phenoxy) is 2. The molecule has 5 nitrogen and oxygen atoms in total. The number of amides is 1. The summed E-state index contributed by atoms with van der Waals surface area (Å²) in [5.41, 5.74) is 0.591. The Morgan fingerprint density at radius 2 is 2.00 bits per heavy atom. The Balaban J connectivity index is 1.32. The third kappa shape index (κ3) is 4.06. The number of nitrogens with one attached hydrogen (secondary N) is 1. The number of carbonyl (C=O) groups is 1. The van der Waals surface area contributed by atoms with Gasteiger partial charge in [0.1, 0.15) is 11.5 Å². The van der Waals surface area contributed by atoms with Gasteiger partial charge in [-0.2, -0.15) is 0 Å². The molecule has 0 bridgehead atoms. The second-order valence-corrected chi connectivity index (χ2v) is 6.90. The first kappa shape index (κ1) is 17.1. The molecule has 0 unspecified atom stereocenters. The highest BCUT2D eigenvalue weighted by Gasteiger charge is 2.32. The van der Waals surface area contributed by atoms with Gasteiger partial charge in [-0.1, -0.05) is 24.3 Å². The Morgan fingerprint density at radius 1 is 1.15 bits per heavy atom. The lowest BCUT2D eigenvalue weighted by Gasteiger charge is -2.35. The Kier molecular flexibility index (Phi) is 5.18. The summed E-state index contributed by atoms with van der Waals surface area (Å²) in [5, 5.41) is 2.99. The monoisotopic (exact) mass is 352 g/mol. The quantitative estimate of drug-likeness (QED) is 0.898. The van der Waals surface area contributed by atoms with Crippen molar-refractivity contribution in [3.8, 4) is 11.5 Å². The minimum Gasteiger partial charge on any atom is -0.457 e. The summed E-state index contributed by atoms with van der Waals surface area (Å²) in [6.45, 7) is 3.37. The van der Waals surface area contributed by atoms with Crippen LogP contribution in [0.25, 0.3) is 0 Å². The van der Waals surface area contributed by atoms with Crippen LogP contribution in [-0.4, -0.2) is 49.2 Å². The van der Waals surface area contributed by atoms with Crippen molar-refractivity contribution in [3.63, 3.8) is 0 Å². The van der Waals surface area contributed by atoms with Crippen LogP contribution < -0.4 is 10.1 Å². The molecule has 0 spiro atoms. The number of rotatable bonds is 5. The molecule has 136 valence electrons. The maximum absolute atomic E-state index is 12.5. The van der Waals surface area contributed by atoms with Crippen molar-refractivity contribution in [2.24, 2.45) is 0 Å². The fourth-order valence-corrected chi connectivity index (χ4v) is 3.64. The molecule has 2 heterocycles. The van der Waals surface area contributed by atoms with E-state index in [1.165, 1.54) is 12.8 Å². The molecule has 2 saturated heterocycles. The Bertz CT molecular complexity index is 750. The van der Waals surface area contributed by atoms with E-state index in [2.05, 4.69) is 10.2 Å². The van der Waals surface area contributed by atoms with E-state index >= 15 is 0 Å². The van der Waals surface area contributed by atoms with Crippen LogP contribution in [0.2, 0.25) is 0 Å². The highest BCUT2D eigenvalue weighted by molar-refractivity contribution is 5.94. The number of hydrogen-bond acceptors (Lipinski definition) is 4. The molecule has 1 N–H and O–H groups in total. The van der Waals surface area contributed by atoms with E-state index in [0.717, 1.165) is 25.4 Å². The van der Waals surface area contributed by atoms with E-state index in [9.17, 15) is 4.79 Å². The third-order valence-electron chi connectivity index (χ3n) is 5.03. The van der Waals surface area contributed by atoms with Gasteiger partial charge in [-0.3, -0.25) is 9.69 Å². The van der Waals surface area contributed by atoms with E-state index in [4.69, 9.17) is 9.47 Å². The second-order valence-electron chi connectivity index (χ2n) is 6.90. The number of benzene rings is 2. The van der Waals surface area contributed by atoms with Gasteiger partial charge < -0.3 is 14.8 Å². The predicted molar refractivity (Wildman–Crippen MR) is 99.6 cm³/mol. The van der Waals surface area contributed by atoms with E-state index in [-0.39, 0.29) is 12.0 Å². The summed E-state index contributed by atoms with van der Waals surface area (Å²) >= 11 is 0. The van der Waals surface area contributed by atoms with Crippen molar-refractivity contribution in [2.45, 2.75) is 25.0 Å². The number of fused-ring (bicyclic) bond motifs is 1. The normalized spacial score (nSPS) is 22.6. The van der Waals surface area contributed by atoms with Gasteiger partial charge in [0.15, 0.2) is 0 Å². The third-order valence-corrected chi connectivity index (χ3v) is 5.03. The second kappa shape index (κ2) is 7.89. The van der Waals surface area contributed by atoms with Gasteiger partial charge in [0.25, 0.3) is 5.91 Å². The molecule has 0 radical (unpaired) electrons. The SMILES string of the molecule is O=C(NC[C@H]1CN2CCC[C@H]2CO1)c1cccc(Oc2ccccc2)c1. The first-order valence-electron chi connectivity index (χ1n) is 9.25. The zero-order valence-electron chi connectivity index (χ0n) is 14.8. The minimum atomic E-state index is -0.101. The van der Waals surface area contributed by atoms with E-state index in [1.54, 1.807) is 12.1 Å². The molecule has 0 aromatic heterocycles. The molecular weight excluding hydrogens is 328 g/mol.